The molecule has 0 aliphatic rings. The predicted molar refractivity (Wildman–Crippen MR) is 31.3 cm³/mol. The first kappa shape index (κ1) is 7.88. The van der Waals surface area contributed by atoms with Crippen LogP contribution in [0.5, 0.6) is 0 Å². The summed E-state index contributed by atoms with van der Waals surface area (Å²) in [6.45, 7) is 3.27. The van der Waals surface area contributed by atoms with Gasteiger partial charge in [-0.2, -0.15) is 5.48 Å². The second-order valence-corrected chi connectivity index (χ2v) is 1.45. The van der Waals surface area contributed by atoms with Gasteiger partial charge in [0.1, 0.15) is 0 Å². The average molecular weight is 119 g/mol. The van der Waals surface area contributed by atoms with Crippen molar-refractivity contribution in [2.24, 2.45) is 0 Å². The summed E-state index contributed by atoms with van der Waals surface area (Å²) in [5, 5.41) is 0. The molecular weight excluding hydrogens is 106 g/mol. The SMILES string of the molecule is CCCNOCOC. The largest absolute Gasteiger partial charge is 0.357 e. The number of rotatable bonds is 5. The molecular formula is C5H13NO2. The lowest BCUT2D eigenvalue weighted by atomic mass is 10.5. The molecule has 0 spiro atoms. The molecule has 0 bridgehead atoms. The number of methoxy groups -OCH3 is 1. The maximum Gasteiger partial charge on any atom is 0.166 e. The Bertz CT molecular complexity index is 35.4. The third kappa shape index (κ3) is 5.88. The average Bonchev–Trinajstić information content (AvgIpc) is 1.81. The number of ether oxygens (including phenoxy) is 1. The van der Waals surface area contributed by atoms with E-state index in [1.165, 1.54) is 0 Å². The Hall–Kier alpha value is -0.120. The minimum absolute atomic E-state index is 0.319. The topological polar surface area (TPSA) is 30.5 Å². The monoisotopic (exact) mass is 119 g/mol. The summed E-state index contributed by atoms with van der Waals surface area (Å²) in [5.74, 6) is 0. The van der Waals surface area contributed by atoms with Crippen molar-refractivity contribution in [1.29, 1.82) is 0 Å². The van der Waals surface area contributed by atoms with E-state index < -0.39 is 0 Å². The van der Waals surface area contributed by atoms with Crippen LogP contribution in [0.2, 0.25) is 0 Å². The number of hydrogen-bond acceptors (Lipinski definition) is 3. The van der Waals surface area contributed by atoms with Crippen molar-refractivity contribution >= 4 is 0 Å². The van der Waals surface area contributed by atoms with Gasteiger partial charge in [0.2, 0.25) is 0 Å². The van der Waals surface area contributed by atoms with E-state index in [9.17, 15) is 0 Å². The molecule has 0 aliphatic carbocycles. The number of hydroxylamine groups is 1. The van der Waals surface area contributed by atoms with Crippen LogP contribution < -0.4 is 5.48 Å². The molecule has 0 aromatic carbocycles. The Labute approximate surface area is 49.9 Å². The fourth-order valence-corrected chi connectivity index (χ4v) is 0.275. The van der Waals surface area contributed by atoms with E-state index in [2.05, 4.69) is 17.1 Å². The molecule has 0 fully saturated rings. The van der Waals surface area contributed by atoms with Crippen molar-refractivity contribution < 1.29 is 9.57 Å². The zero-order valence-electron chi connectivity index (χ0n) is 5.44. The third-order valence-electron chi connectivity index (χ3n) is 0.631. The molecule has 0 unspecified atom stereocenters. The van der Waals surface area contributed by atoms with Gasteiger partial charge in [-0.1, -0.05) is 6.92 Å². The lowest BCUT2D eigenvalue weighted by Gasteiger charge is -2.00. The lowest BCUT2D eigenvalue weighted by Crippen LogP contribution is -2.16. The quantitative estimate of drug-likeness (QED) is 0.325. The van der Waals surface area contributed by atoms with Gasteiger partial charge in [0.05, 0.1) is 0 Å². The fraction of sp³-hybridized carbons (Fsp3) is 1.00. The van der Waals surface area contributed by atoms with E-state index in [-0.39, 0.29) is 0 Å². The first-order valence-corrected chi connectivity index (χ1v) is 2.75. The van der Waals surface area contributed by atoms with E-state index in [0.29, 0.717) is 6.79 Å². The second kappa shape index (κ2) is 6.88. The van der Waals surface area contributed by atoms with Gasteiger partial charge in [0.15, 0.2) is 6.79 Å². The van der Waals surface area contributed by atoms with E-state index in [1.807, 2.05) is 0 Å². The molecule has 8 heavy (non-hydrogen) atoms. The van der Waals surface area contributed by atoms with Crippen LogP contribution in [-0.4, -0.2) is 20.4 Å². The van der Waals surface area contributed by atoms with Crippen molar-refractivity contribution in [2.75, 3.05) is 20.4 Å². The molecule has 0 aromatic heterocycles. The van der Waals surface area contributed by atoms with E-state index in [4.69, 9.17) is 4.84 Å². The molecule has 0 radical (unpaired) electrons. The maximum absolute atomic E-state index is 4.75. The van der Waals surface area contributed by atoms with Crippen LogP contribution in [0.1, 0.15) is 13.3 Å². The van der Waals surface area contributed by atoms with Gasteiger partial charge in [-0.25, -0.2) is 0 Å². The smallest absolute Gasteiger partial charge is 0.166 e. The van der Waals surface area contributed by atoms with Gasteiger partial charge < -0.3 is 4.74 Å². The highest BCUT2D eigenvalue weighted by Gasteiger charge is 1.79. The van der Waals surface area contributed by atoms with Crippen LogP contribution in [0.3, 0.4) is 0 Å². The number of hydrogen-bond donors (Lipinski definition) is 1. The van der Waals surface area contributed by atoms with Gasteiger partial charge in [0, 0.05) is 13.7 Å². The van der Waals surface area contributed by atoms with E-state index in [1.54, 1.807) is 7.11 Å². The Morgan fingerprint density at radius 1 is 1.50 bits per heavy atom. The van der Waals surface area contributed by atoms with Crippen LogP contribution in [0.25, 0.3) is 0 Å². The molecule has 0 saturated heterocycles. The first-order valence-electron chi connectivity index (χ1n) is 2.75. The Balaban J connectivity index is 2.53. The molecule has 0 rings (SSSR count). The van der Waals surface area contributed by atoms with Crippen molar-refractivity contribution in [3.63, 3.8) is 0 Å². The summed E-state index contributed by atoms with van der Waals surface area (Å²) < 4.78 is 4.60. The minimum atomic E-state index is 0.319. The fourth-order valence-electron chi connectivity index (χ4n) is 0.275. The van der Waals surface area contributed by atoms with Crippen LogP contribution in [0.4, 0.5) is 0 Å². The Morgan fingerprint density at radius 2 is 2.25 bits per heavy atom. The van der Waals surface area contributed by atoms with Gasteiger partial charge in [-0.3, -0.25) is 4.84 Å². The zero-order chi connectivity index (χ0) is 6.24. The summed E-state index contributed by atoms with van der Waals surface area (Å²) in [6.07, 6.45) is 1.07. The summed E-state index contributed by atoms with van der Waals surface area (Å²) in [4.78, 5) is 4.75. The van der Waals surface area contributed by atoms with E-state index >= 15 is 0 Å². The first-order chi connectivity index (χ1) is 3.91. The summed E-state index contributed by atoms with van der Waals surface area (Å²) >= 11 is 0. The lowest BCUT2D eigenvalue weighted by molar-refractivity contribution is -0.0814. The molecule has 50 valence electrons. The summed E-state index contributed by atoms with van der Waals surface area (Å²) in [7, 11) is 1.59. The molecule has 0 heterocycles. The highest BCUT2D eigenvalue weighted by molar-refractivity contribution is 4.24. The van der Waals surface area contributed by atoms with E-state index in [0.717, 1.165) is 13.0 Å². The summed E-state index contributed by atoms with van der Waals surface area (Å²) in [5.41, 5.74) is 2.71. The van der Waals surface area contributed by atoms with Crippen molar-refractivity contribution in [3.05, 3.63) is 0 Å². The normalized spacial score (nSPS) is 9.75. The molecule has 0 aromatic rings. The van der Waals surface area contributed by atoms with Gasteiger partial charge in [-0.15, -0.1) is 0 Å². The molecule has 3 nitrogen and oxygen atoms in total. The molecule has 1 N–H and O–H groups in total. The van der Waals surface area contributed by atoms with Crippen molar-refractivity contribution in [3.8, 4) is 0 Å². The van der Waals surface area contributed by atoms with Crippen molar-refractivity contribution in [1.82, 2.24) is 5.48 Å². The maximum atomic E-state index is 4.75. The van der Waals surface area contributed by atoms with Crippen LogP contribution in [-0.2, 0) is 9.57 Å². The Kier molecular flexibility index (Phi) is 6.78. The van der Waals surface area contributed by atoms with Crippen LogP contribution in [0, 0.1) is 0 Å². The van der Waals surface area contributed by atoms with Gasteiger partial charge >= 0.3 is 0 Å². The molecule has 0 atom stereocenters. The second-order valence-electron chi connectivity index (χ2n) is 1.45. The molecule has 0 amide bonds. The third-order valence-corrected chi connectivity index (χ3v) is 0.631. The predicted octanol–water partition coefficient (Wildman–Crippen LogP) is 0.521. The Morgan fingerprint density at radius 3 is 2.75 bits per heavy atom. The number of nitrogens with one attached hydrogen (secondary N) is 1. The minimum Gasteiger partial charge on any atom is -0.357 e. The standard InChI is InChI=1S/C5H13NO2/c1-3-4-6-8-5-7-2/h6H,3-5H2,1-2H3. The summed E-state index contributed by atoms with van der Waals surface area (Å²) in [6, 6.07) is 0. The molecule has 0 saturated carbocycles. The zero-order valence-corrected chi connectivity index (χ0v) is 5.44. The highest BCUT2D eigenvalue weighted by Crippen LogP contribution is 1.70. The molecule has 0 aliphatic heterocycles. The van der Waals surface area contributed by atoms with Crippen LogP contribution >= 0.6 is 0 Å². The van der Waals surface area contributed by atoms with Crippen LogP contribution in [0.15, 0.2) is 0 Å². The van der Waals surface area contributed by atoms with Crippen molar-refractivity contribution in [2.45, 2.75) is 13.3 Å². The van der Waals surface area contributed by atoms with Gasteiger partial charge in [-0.05, 0) is 6.42 Å². The molecule has 3 heteroatoms. The highest BCUT2D eigenvalue weighted by atomic mass is 16.7. The van der Waals surface area contributed by atoms with Gasteiger partial charge in [0.25, 0.3) is 0 Å².